The van der Waals surface area contributed by atoms with Crippen LogP contribution in [0.25, 0.3) is 0 Å². The topological polar surface area (TPSA) is 54.3 Å². The predicted octanol–water partition coefficient (Wildman–Crippen LogP) is 0.889. The van der Waals surface area contributed by atoms with E-state index in [-0.39, 0.29) is 6.29 Å². The second-order valence-corrected chi connectivity index (χ2v) is 2.72. The van der Waals surface area contributed by atoms with Gasteiger partial charge in [-0.05, 0) is 19.4 Å². The third-order valence-electron chi connectivity index (χ3n) is 1.73. The monoisotopic (exact) mass is 186 g/mol. The van der Waals surface area contributed by atoms with Gasteiger partial charge in [-0.3, -0.25) is 0 Å². The number of rotatable bonds is 8. The van der Waals surface area contributed by atoms with Gasteiger partial charge in [-0.15, -0.1) is 0 Å². The lowest BCUT2D eigenvalue weighted by Crippen LogP contribution is -2.30. The lowest BCUT2D eigenvalue weighted by Gasteiger charge is -2.13. The smallest absolute Gasteiger partial charge is 0.169 e. The van der Waals surface area contributed by atoms with Crippen LogP contribution in [0, 0.1) is 11.3 Å². The van der Waals surface area contributed by atoms with Crippen LogP contribution in [0.5, 0.6) is 0 Å². The molecule has 0 aliphatic rings. The van der Waals surface area contributed by atoms with E-state index in [1.54, 1.807) is 14.2 Å². The molecule has 0 saturated carbocycles. The molecule has 4 nitrogen and oxygen atoms in total. The summed E-state index contributed by atoms with van der Waals surface area (Å²) in [5, 5.41) is 11.5. The van der Waals surface area contributed by atoms with Gasteiger partial charge in [0.2, 0.25) is 0 Å². The minimum absolute atomic E-state index is 0.170. The molecule has 1 N–H and O–H groups in total. The van der Waals surface area contributed by atoms with Crippen LogP contribution < -0.4 is 5.32 Å². The molecule has 0 aliphatic carbocycles. The highest BCUT2D eigenvalue weighted by Crippen LogP contribution is 1.92. The van der Waals surface area contributed by atoms with Crippen molar-refractivity contribution in [1.29, 1.82) is 5.26 Å². The van der Waals surface area contributed by atoms with E-state index in [9.17, 15) is 0 Å². The van der Waals surface area contributed by atoms with Crippen molar-refractivity contribution in [3.63, 3.8) is 0 Å². The van der Waals surface area contributed by atoms with Crippen LogP contribution in [0.15, 0.2) is 0 Å². The predicted molar refractivity (Wildman–Crippen MR) is 50.1 cm³/mol. The third kappa shape index (κ3) is 7.72. The summed E-state index contributed by atoms with van der Waals surface area (Å²) >= 11 is 0. The first-order valence-electron chi connectivity index (χ1n) is 4.48. The molecular formula is C9H18N2O2. The van der Waals surface area contributed by atoms with E-state index in [2.05, 4.69) is 11.4 Å². The average molecular weight is 186 g/mol. The molecule has 0 aromatic rings. The minimum atomic E-state index is -0.170. The van der Waals surface area contributed by atoms with E-state index >= 15 is 0 Å². The number of nitrogens with zero attached hydrogens (tertiary/aromatic N) is 1. The van der Waals surface area contributed by atoms with Gasteiger partial charge in [0.05, 0.1) is 6.07 Å². The number of hydrogen-bond acceptors (Lipinski definition) is 4. The minimum Gasteiger partial charge on any atom is -0.355 e. The van der Waals surface area contributed by atoms with E-state index in [1.165, 1.54) is 0 Å². The van der Waals surface area contributed by atoms with Crippen molar-refractivity contribution in [3.05, 3.63) is 0 Å². The molecule has 76 valence electrons. The first-order chi connectivity index (χ1) is 6.35. The van der Waals surface area contributed by atoms with Gasteiger partial charge in [-0.2, -0.15) is 5.26 Å². The number of nitrogens with one attached hydrogen (secondary N) is 1. The fourth-order valence-corrected chi connectivity index (χ4v) is 0.937. The Morgan fingerprint density at radius 1 is 1.31 bits per heavy atom. The van der Waals surface area contributed by atoms with Gasteiger partial charge in [-0.25, -0.2) is 0 Å². The highest BCUT2D eigenvalue weighted by Gasteiger charge is 2.02. The van der Waals surface area contributed by atoms with Gasteiger partial charge in [0.25, 0.3) is 0 Å². The van der Waals surface area contributed by atoms with Crippen molar-refractivity contribution in [3.8, 4) is 6.07 Å². The summed E-state index contributed by atoms with van der Waals surface area (Å²) in [4.78, 5) is 0. The first-order valence-corrected chi connectivity index (χ1v) is 4.48. The van der Waals surface area contributed by atoms with Gasteiger partial charge >= 0.3 is 0 Å². The van der Waals surface area contributed by atoms with Gasteiger partial charge in [0.1, 0.15) is 0 Å². The van der Waals surface area contributed by atoms with Gasteiger partial charge in [-0.1, -0.05) is 0 Å². The van der Waals surface area contributed by atoms with Gasteiger partial charge in [0, 0.05) is 27.2 Å². The Kier molecular flexibility index (Phi) is 9.00. The summed E-state index contributed by atoms with van der Waals surface area (Å²) in [5.74, 6) is 0. The molecule has 0 aromatic carbocycles. The number of hydrogen-bond donors (Lipinski definition) is 1. The third-order valence-corrected chi connectivity index (χ3v) is 1.73. The molecule has 0 saturated heterocycles. The van der Waals surface area contributed by atoms with Crippen LogP contribution in [-0.4, -0.2) is 33.6 Å². The Bertz CT molecular complexity index is 141. The summed E-state index contributed by atoms with van der Waals surface area (Å²) in [6.07, 6.45) is 2.44. The normalized spacial score (nSPS) is 10.3. The van der Waals surface area contributed by atoms with Crippen molar-refractivity contribution in [2.75, 3.05) is 27.3 Å². The van der Waals surface area contributed by atoms with Crippen LogP contribution in [0.4, 0.5) is 0 Å². The zero-order valence-electron chi connectivity index (χ0n) is 8.38. The highest BCUT2D eigenvalue weighted by molar-refractivity contribution is 4.68. The Morgan fingerprint density at radius 3 is 2.54 bits per heavy atom. The number of unbranched alkanes of at least 4 members (excludes halogenated alkanes) is 2. The van der Waals surface area contributed by atoms with Crippen LogP contribution in [-0.2, 0) is 9.47 Å². The average Bonchev–Trinajstić information content (AvgIpc) is 2.17. The summed E-state index contributed by atoms with van der Waals surface area (Å²) in [7, 11) is 3.23. The van der Waals surface area contributed by atoms with E-state index in [0.717, 1.165) is 19.4 Å². The maximum absolute atomic E-state index is 8.28. The van der Waals surface area contributed by atoms with Crippen LogP contribution in [0.1, 0.15) is 19.3 Å². The molecule has 0 unspecified atom stereocenters. The molecule has 0 amide bonds. The van der Waals surface area contributed by atoms with Crippen LogP contribution in [0.2, 0.25) is 0 Å². The van der Waals surface area contributed by atoms with Crippen LogP contribution >= 0.6 is 0 Å². The van der Waals surface area contributed by atoms with Crippen LogP contribution in [0.3, 0.4) is 0 Å². The maximum Gasteiger partial charge on any atom is 0.169 e. The fraction of sp³-hybridized carbons (Fsp3) is 0.889. The second kappa shape index (κ2) is 9.46. The molecule has 13 heavy (non-hydrogen) atoms. The molecule has 0 bridgehead atoms. The molecule has 4 heteroatoms. The second-order valence-electron chi connectivity index (χ2n) is 2.72. The molecule has 0 spiro atoms. The standard InChI is InChI=1S/C9H18N2O2/c1-12-9(13-2)8-11-7-5-3-4-6-10/h9,11H,3-5,7-8H2,1-2H3. The van der Waals surface area contributed by atoms with Crippen molar-refractivity contribution < 1.29 is 9.47 Å². The molecule has 0 atom stereocenters. The lowest BCUT2D eigenvalue weighted by molar-refractivity contribution is -0.0986. The maximum atomic E-state index is 8.28. The van der Waals surface area contributed by atoms with E-state index in [4.69, 9.17) is 14.7 Å². The van der Waals surface area contributed by atoms with Crippen molar-refractivity contribution in [2.45, 2.75) is 25.6 Å². The molecule has 0 fully saturated rings. The molecule has 0 aliphatic heterocycles. The highest BCUT2D eigenvalue weighted by atomic mass is 16.7. The quantitative estimate of drug-likeness (QED) is 0.452. The zero-order chi connectivity index (χ0) is 9.94. The first kappa shape index (κ1) is 12.4. The molecule has 0 rings (SSSR count). The Balaban J connectivity index is 3.11. The van der Waals surface area contributed by atoms with E-state index < -0.39 is 0 Å². The molecule has 0 aromatic heterocycles. The SMILES string of the molecule is COC(CNCCCCC#N)OC. The fourth-order valence-electron chi connectivity index (χ4n) is 0.937. The molecule has 0 heterocycles. The van der Waals surface area contributed by atoms with E-state index in [0.29, 0.717) is 13.0 Å². The number of methoxy groups -OCH3 is 2. The number of nitriles is 1. The number of ether oxygens (including phenoxy) is 2. The lowest BCUT2D eigenvalue weighted by atomic mass is 10.2. The summed E-state index contributed by atoms with van der Waals surface area (Å²) in [6, 6.07) is 2.11. The Labute approximate surface area is 79.8 Å². The zero-order valence-corrected chi connectivity index (χ0v) is 8.38. The summed E-state index contributed by atoms with van der Waals surface area (Å²) in [5.41, 5.74) is 0. The Morgan fingerprint density at radius 2 is 2.00 bits per heavy atom. The summed E-state index contributed by atoms with van der Waals surface area (Å²) < 4.78 is 9.98. The summed E-state index contributed by atoms with van der Waals surface area (Å²) in [6.45, 7) is 1.60. The van der Waals surface area contributed by atoms with Gasteiger partial charge < -0.3 is 14.8 Å². The van der Waals surface area contributed by atoms with Crippen molar-refractivity contribution >= 4 is 0 Å². The van der Waals surface area contributed by atoms with Gasteiger partial charge in [0.15, 0.2) is 6.29 Å². The van der Waals surface area contributed by atoms with E-state index in [1.807, 2.05) is 0 Å². The van der Waals surface area contributed by atoms with Crippen molar-refractivity contribution in [1.82, 2.24) is 5.32 Å². The molecule has 0 radical (unpaired) electrons. The molecular weight excluding hydrogens is 168 g/mol. The van der Waals surface area contributed by atoms with Crippen molar-refractivity contribution in [2.24, 2.45) is 0 Å². The Hall–Kier alpha value is -0.630. The largest absolute Gasteiger partial charge is 0.355 e.